The minimum Gasteiger partial charge on any atom is -0.285 e. The summed E-state index contributed by atoms with van der Waals surface area (Å²) in [7, 11) is 0. The van der Waals surface area contributed by atoms with Gasteiger partial charge in [0.25, 0.3) is 5.69 Å². The number of rotatable bonds is 2. The third kappa shape index (κ3) is 2.14. The van der Waals surface area contributed by atoms with E-state index in [1.54, 1.807) is 0 Å². The van der Waals surface area contributed by atoms with Gasteiger partial charge in [0.1, 0.15) is 5.84 Å². The Morgan fingerprint density at radius 2 is 1.94 bits per heavy atom. The van der Waals surface area contributed by atoms with Crippen LogP contribution in [0.5, 0.6) is 0 Å². The number of hydrogen-bond donors (Lipinski definition) is 2. The van der Waals surface area contributed by atoms with Crippen LogP contribution in [-0.2, 0) is 4.79 Å². The summed E-state index contributed by atoms with van der Waals surface area (Å²) < 4.78 is 0. The molecule has 0 saturated carbocycles. The number of benzene rings is 1. The fourth-order valence-electron chi connectivity index (χ4n) is 1.25. The van der Waals surface area contributed by atoms with Crippen molar-refractivity contribution in [2.75, 3.05) is 0 Å². The highest BCUT2D eigenvalue weighted by atomic mass is 16.6. The average molecular weight is 220 g/mol. The first-order valence-electron chi connectivity index (χ1n) is 4.52. The Labute approximate surface area is 90.3 Å². The van der Waals surface area contributed by atoms with Gasteiger partial charge in [-0.2, -0.15) is 0 Å². The molecule has 0 aliphatic carbocycles. The van der Waals surface area contributed by atoms with Crippen LogP contribution in [0.1, 0.15) is 6.42 Å². The fraction of sp³-hybridized carbons (Fsp3) is 0.111. The summed E-state index contributed by atoms with van der Waals surface area (Å²) >= 11 is 0. The predicted molar refractivity (Wildman–Crippen MR) is 56.1 cm³/mol. The average Bonchev–Trinajstić information content (AvgIpc) is 2.65. The van der Waals surface area contributed by atoms with Gasteiger partial charge in [-0.25, -0.2) is 4.99 Å². The minimum atomic E-state index is -0.476. The van der Waals surface area contributed by atoms with Gasteiger partial charge < -0.3 is 0 Å². The Bertz CT molecular complexity index is 466. The lowest BCUT2D eigenvalue weighted by molar-refractivity contribution is -0.384. The molecule has 0 spiro atoms. The van der Waals surface area contributed by atoms with E-state index in [4.69, 9.17) is 0 Å². The number of hydrazine groups is 1. The summed E-state index contributed by atoms with van der Waals surface area (Å²) in [6, 6.07) is 5.78. The molecule has 1 aliphatic rings. The highest BCUT2D eigenvalue weighted by Crippen LogP contribution is 2.18. The molecule has 1 aromatic rings. The maximum absolute atomic E-state index is 10.8. The van der Waals surface area contributed by atoms with Gasteiger partial charge >= 0.3 is 0 Å². The Morgan fingerprint density at radius 3 is 2.44 bits per heavy atom. The number of nitrogens with zero attached hydrogens (tertiary/aromatic N) is 2. The van der Waals surface area contributed by atoms with Gasteiger partial charge in [0.2, 0.25) is 5.91 Å². The lowest BCUT2D eigenvalue weighted by Gasteiger charge is -1.97. The molecule has 1 aliphatic heterocycles. The van der Waals surface area contributed by atoms with Crippen molar-refractivity contribution in [3.05, 3.63) is 34.4 Å². The number of carbonyl (C=O) groups excluding carboxylic acids is 1. The lowest BCUT2D eigenvalue weighted by atomic mass is 10.3. The van der Waals surface area contributed by atoms with Crippen LogP contribution in [0.3, 0.4) is 0 Å². The van der Waals surface area contributed by atoms with Crippen molar-refractivity contribution in [2.24, 2.45) is 4.99 Å². The smallest absolute Gasteiger partial charge is 0.269 e. The number of amidine groups is 1. The van der Waals surface area contributed by atoms with Crippen LogP contribution >= 0.6 is 0 Å². The van der Waals surface area contributed by atoms with Crippen LogP contribution in [0.15, 0.2) is 29.3 Å². The van der Waals surface area contributed by atoms with Crippen molar-refractivity contribution in [3.8, 4) is 0 Å². The molecule has 1 saturated heterocycles. The van der Waals surface area contributed by atoms with Crippen LogP contribution < -0.4 is 10.9 Å². The third-order valence-electron chi connectivity index (χ3n) is 2.00. The second-order valence-corrected chi connectivity index (χ2v) is 3.18. The highest BCUT2D eigenvalue weighted by Gasteiger charge is 2.15. The van der Waals surface area contributed by atoms with E-state index < -0.39 is 4.92 Å². The first-order valence-corrected chi connectivity index (χ1v) is 4.52. The Hall–Kier alpha value is -2.44. The van der Waals surface area contributed by atoms with Crippen molar-refractivity contribution < 1.29 is 9.72 Å². The molecule has 1 heterocycles. The second kappa shape index (κ2) is 3.97. The van der Waals surface area contributed by atoms with E-state index in [0.717, 1.165) is 0 Å². The number of hydrogen-bond acceptors (Lipinski definition) is 4. The topological polar surface area (TPSA) is 96.6 Å². The number of carbonyl (C=O) groups is 1. The summed E-state index contributed by atoms with van der Waals surface area (Å²) in [5.41, 5.74) is 5.57. The van der Waals surface area contributed by atoms with Gasteiger partial charge in [-0.1, -0.05) is 0 Å². The van der Waals surface area contributed by atoms with E-state index in [0.29, 0.717) is 11.5 Å². The molecule has 1 fully saturated rings. The summed E-state index contributed by atoms with van der Waals surface area (Å²) in [6.07, 6.45) is 0.191. The number of nitro benzene ring substituents is 1. The maximum Gasteiger partial charge on any atom is 0.269 e. The van der Waals surface area contributed by atoms with E-state index in [9.17, 15) is 14.9 Å². The zero-order valence-corrected chi connectivity index (χ0v) is 8.14. The van der Waals surface area contributed by atoms with Crippen molar-refractivity contribution in [1.29, 1.82) is 0 Å². The molecule has 0 bridgehead atoms. The molecular formula is C9H8N4O3. The van der Waals surface area contributed by atoms with Gasteiger partial charge in [-0.3, -0.25) is 25.8 Å². The van der Waals surface area contributed by atoms with Crippen LogP contribution in [0, 0.1) is 10.1 Å². The first-order chi connectivity index (χ1) is 7.65. The molecule has 2 rings (SSSR count). The van der Waals surface area contributed by atoms with Crippen molar-refractivity contribution in [2.45, 2.75) is 6.42 Å². The SMILES string of the molecule is O=C1CC(=Nc2ccc([N+](=O)[O-])cc2)NN1. The largest absolute Gasteiger partial charge is 0.285 e. The molecule has 2 N–H and O–H groups in total. The number of nitrogens with one attached hydrogen (secondary N) is 2. The van der Waals surface area contributed by atoms with Crippen LogP contribution in [0.4, 0.5) is 11.4 Å². The van der Waals surface area contributed by atoms with Crippen LogP contribution in [0.2, 0.25) is 0 Å². The van der Waals surface area contributed by atoms with Crippen molar-refractivity contribution in [3.63, 3.8) is 0 Å². The third-order valence-corrected chi connectivity index (χ3v) is 2.00. The standard InChI is InChI=1S/C9H8N4O3/c14-9-5-8(11-12-9)10-6-1-3-7(4-2-6)13(15)16/h1-4H,5H2,(H,10,11)(H,12,14). The Balaban J connectivity index is 2.16. The molecule has 7 heteroatoms. The van der Waals surface area contributed by atoms with E-state index in [2.05, 4.69) is 15.8 Å². The first kappa shape index (κ1) is 10.1. The van der Waals surface area contributed by atoms with E-state index in [1.165, 1.54) is 24.3 Å². The monoisotopic (exact) mass is 220 g/mol. The molecule has 0 aromatic heterocycles. The molecule has 1 amide bonds. The van der Waals surface area contributed by atoms with Gasteiger partial charge in [-0.05, 0) is 12.1 Å². The van der Waals surface area contributed by atoms with Crippen LogP contribution in [-0.4, -0.2) is 16.7 Å². The van der Waals surface area contributed by atoms with E-state index in [1.807, 2.05) is 0 Å². The van der Waals surface area contributed by atoms with Gasteiger partial charge in [0.15, 0.2) is 0 Å². The zero-order valence-electron chi connectivity index (χ0n) is 8.14. The molecule has 16 heavy (non-hydrogen) atoms. The Kier molecular flexibility index (Phi) is 2.50. The second-order valence-electron chi connectivity index (χ2n) is 3.18. The number of non-ortho nitro benzene ring substituents is 1. The summed E-state index contributed by atoms with van der Waals surface area (Å²) in [5, 5.41) is 10.4. The zero-order chi connectivity index (χ0) is 11.5. The summed E-state index contributed by atoms with van der Waals surface area (Å²) in [6.45, 7) is 0. The number of amides is 1. The Morgan fingerprint density at radius 1 is 1.25 bits per heavy atom. The molecule has 0 unspecified atom stereocenters. The molecule has 0 atom stereocenters. The molecular weight excluding hydrogens is 212 g/mol. The van der Waals surface area contributed by atoms with E-state index >= 15 is 0 Å². The summed E-state index contributed by atoms with van der Waals surface area (Å²) in [5.74, 6) is 0.347. The number of nitro groups is 1. The lowest BCUT2D eigenvalue weighted by Crippen LogP contribution is -2.28. The van der Waals surface area contributed by atoms with Crippen molar-refractivity contribution in [1.82, 2.24) is 10.9 Å². The van der Waals surface area contributed by atoms with Crippen LogP contribution in [0.25, 0.3) is 0 Å². The minimum absolute atomic E-state index is 0.0116. The molecule has 7 nitrogen and oxygen atoms in total. The fourth-order valence-corrected chi connectivity index (χ4v) is 1.25. The van der Waals surface area contributed by atoms with Gasteiger partial charge in [0, 0.05) is 12.1 Å². The van der Waals surface area contributed by atoms with Crippen molar-refractivity contribution >= 4 is 23.1 Å². The predicted octanol–water partition coefficient (Wildman–Crippen LogP) is 0.649. The summed E-state index contributed by atoms with van der Waals surface area (Å²) in [4.78, 5) is 24.9. The maximum atomic E-state index is 10.8. The molecule has 0 radical (unpaired) electrons. The molecule has 1 aromatic carbocycles. The highest BCUT2D eigenvalue weighted by molar-refractivity contribution is 6.05. The van der Waals surface area contributed by atoms with Gasteiger partial charge in [0.05, 0.1) is 17.0 Å². The normalized spacial score (nSPS) is 17.0. The van der Waals surface area contributed by atoms with Gasteiger partial charge in [-0.15, -0.1) is 0 Å². The quantitative estimate of drug-likeness (QED) is 0.564. The molecule has 82 valence electrons. The number of aliphatic imine (C=N–C) groups is 1. The van der Waals surface area contributed by atoms with E-state index in [-0.39, 0.29) is 18.0 Å².